The second-order valence-electron chi connectivity index (χ2n) is 5.86. The number of carbonyl (C=O) groups is 2. The van der Waals surface area contributed by atoms with Crippen molar-refractivity contribution in [2.45, 2.75) is 13.3 Å². The van der Waals surface area contributed by atoms with Gasteiger partial charge in [-0.15, -0.1) is 0 Å². The van der Waals surface area contributed by atoms with Gasteiger partial charge in [0.1, 0.15) is 5.82 Å². The number of carbonyl (C=O) groups excluding carboxylic acids is 2. The van der Waals surface area contributed by atoms with Crippen LogP contribution in [0.15, 0.2) is 36.4 Å². The quantitative estimate of drug-likeness (QED) is 0.749. The van der Waals surface area contributed by atoms with Gasteiger partial charge in [0.15, 0.2) is 11.5 Å². The first-order valence-electron chi connectivity index (χ1n) is 8.53. The molecule has 0 unspecified atom stereocenters. The largest absolute Gasteiger partial charge is 0.493 e. The van der Waals surface area contributed by atoms with Crippen LogP contribution in [0.3, 0.4) is 0 Å². The molecule has 2 amide bonds. The van der Waals surface area contributed by atoms with Gasteiger partial charge < -0.3 is 24.4 Å². The number of hydrogen-bond acceptors (Lipinski definition) is 5. The lowest BCUT2D eigenvalue weighted by Gasteiger charge is -2.21. The van der Waals surface area contributed by atoms with Gasteiger partial charge in [-0.1, -0.05) is 6.07 Å². The van der Waals surface area contributed by atoms with E-state index in [0.29, 0.717) is 28.6 Å². The first kappa shape index (κ1) is 21.0. The van der Waals surface area contributed by atoms with Crippen LogP contribution in [0.2, 0.25) is 0 Å². The fourth-order valence-corrected chi connectivity index (χ4v) is 2.70. The fourth-order valence-electron chi connectivity index (χ4n) is 2.70. The molecule has 2 aromatic carbocycles. The molecule has 0 fully saturated rings. The highest BCUT2D eigenvalue weighted by Crippen LogP contribution is 2.39. The number of methoxy groups -OCH3 is 3. The Kier molecular flexibility index (Phi) is 7.20. The van der Waals surface area contributed by atoms with Gasteiger partial charge in [-0.25, -0.2) is 4.39 Å². The van der Waals surface area contributed by atoms with E-state index >= 15 is 0 Å². The van der Waals surface area contributed by atoms with Crippen molar-refractivity contribution in [1.82, 2.24) is 0 Å². The lowest BCUT2D eigenvalue weighted by molar-refractivity contribution is -0.117. The maximum Gasteiger partial charge on any atom is 0.226 e. The summed E-state index contributed by atoms with van der Waals surface area (Å²) >= 11 is 0. The van der Waals surface area contributed by atoms with Crippen LogP contribution in [-0.2, 0) is 9.59 Å². The third-order valence-electron chi connectivity index (χ3n) is 4.01. The molecule has 0 heterocycles. The summed E-state index contributed by atoms with van der Waals surface area (Å²) in [5.41, 5.74) is 0.854. The van der Waals surface area contributed by atoms with E-state index in [-0.39, 0.29) is 24.8 Å². The maximum atomic E-state index is 13.4. The highest BCUT2D eigenvalue weighted by Gasteiger charge is 2.17. The van der Waals surface area contributed by atoms with Crippen molar-refractivity contribution in [3.63, 3.8) is 0 Å². The van der Waals surface area contributed by atoms with Gasteiger partial charge in [0, 0.05) is 43.4 Å². The molecule has 0 aliphatic rings. The molecule has 2 aromatic rings. The molecule has 28 heavy (non-hydrogen) atoms. The minimum absolute atomic E-state index is 0.0206. The van der Waals surface area contributed by atoms with E-state index in [9.17, 15) is 14.0 Å². The van der Waals surface area contributed by atoms with Crippen LogP contribution in [0.1, 0.15) is 13.3 Å². The average Bonchev–Trinajstić information content (AvgIpc) is 2.67. The molecule has 150 valence electrons. The molecule has 7 nitrogen and oxygen atoms in total. The monoisotopic (exact) mass is 390 g/mol. The van der Waals surface area contributed by atoms with Gasteiger partial charge in [0.05, 0.1) is 21.3 Å². The number of rotatable bonds is 8. The Morgan fingerprint density at radius 2 is 1.68 bits per heavy atom. The molecule has 1 N–H and O–H groups in total. The van der Waals surface area contributed by atoms with E-state index < -0.39 is 5.82 Å². The predicted octanol–water partition coefficient (Wildman–Crippen LogP) is 3.23. The summed E-state index contributed by atoms with van der Waals surface area (Å²) in [4.78, 5) is 25.6. The number of ether oxygens (including phenoxy) is 3. The Morgan fingerprint density at radius 3 is 2.18 bits per heavy atom. The summed E-state index contributed by atoms with van der Waals surface area (Å²) in [5.74, 6) is 0.162. The topological polar surface area (TPSA) is 77.1 Å². The summed E-state index contributed by atoms with van der Waals surface area (Å²) in [7, 11) is 4.45. The van der Waals surface area contributed by atoms with Crippen LogP contribution in [0.5, 0.6) is 17.2 Å². The Hall–Kier alpha value is -3.29. The summed E-state index contributed by atoms with van der Waals surface area (Å²) < 4.78 is 29.2. The van der Waals surface area contributed by atoms with E-state index in [1.807, 2.05) is 0 Å². The average molecular weight is 390 g/mol. The lowest BCUT2D eigenvalue weighted by atomic mass is 10.2. The summed E-state index contributed by atoms with van der Waals surface area (Å²) in [6, 6.07) is 8.87. The summed E-state index contributed by atoms with van der Waals surface area (Å²) in [6.45, 7) is 1.47. The molecule has 0 radical (unpaired) electrons. The van der Waals surface area contributed by atoms with Crippen molar-refractivity contribution in [3.8, 4) is 17.2 Å². The van der Waals surface area contributed by atoms with Crippen molar-refractivity contribution in [2.75, 3.05) is 38.1 Å². The Labute approximate surface area is 163 Å². The van der Waals surface area contributed by atoms with Gasteiger partial charge in [-0.3, -0.25) is 9.59 Å². The normalized spacial score (nSPS) is 10.2. The first-order valence-corrected chi connectivity index (χ1v) is 8.53. The number of nitrogens with zero attached hydrogens (tertiary/aromatic N) is 1. The van der Waals surface area contributed by atoms with Crippen molar-refractivity contribution < 1.29 is 28.2 Å². The smallest absolute Gasteiger partial charge is 0.226 e. The summed E-state index contributed by atoms with van der Waals surface area (Å²) in [6.07, 6.45) is 0.0206. The van der Waals surface area contributed by atoms with E-state index in [0.717, 1.165) is 0 Å². The molecule has 0 aliphatic heterocycles. The number of halogens is 1. The Morgan fingerprint density at radius 1 is 1.04 bits per heavy atom. The van der Waals surface area contributed by atoms with Crippen LogP contribution in [0.4, 0.5) is 15.8 Å². The summed E-state index contributed by atoms with van der Waals surface area (Å²) in [5, 5.41) is 2.73. The van der Waals surface area contributed by atoms with Gasteiger partial charge in [-0.2, -0.15) is 0 Å². The number of hydrogen-bond donors (Lipinski definition) is 1. The maximum absolute atomic E-state index is 13.4. The highest BCUT2D eigenvalue weighted by molar-refractivity contribution is 5.95. The van der Waals surface area contributed by atoms with Crippen molar-refractivity contribution in [2.24, 2.45) is 0 Å². The molecular weight excluding hydrogens is 367 g/mol. The number of anilines is 2. The highest BCUT2D eigenvalue weighted by atomic mass is 19.1. The third-order valence-corrected chi connectivity index (χ3v) is 4.01. The van der Waals surface area contributed by atoms with Gasteiger partial charge >= 0.3 is 0 Å². The zero-order valence-electron chi connectivity index (χ0n) is 16.2. The molecule has 0 atom stereocenters. The van der Waals surface area contributed by atoms with Gasteiger partial charge in [-0.05, 0) is 18.2 Å². The van der Waals surface area contributed by atoms with E-state index in [1.54, 1.807) is 18.2 Å². The molecule has 8 heteroatoms. The SMILES string of the molecule is COc1cc(NC(=O)CCN(C(C)=O)c2cccc(F)c2)cc(OC)c1OC. The third kappa shape index (κ3) is 5.12. The molecule has 0 saturated heterocycles. The molecule has 0 aliphatic carbocycles. The lowest BCUT2D eigenvalue weighted by Crippen LogP contribution is -2.32. The molecule has 0 aromatic heterocycles. The van der Waals surface area contributed by atoms with E-state index in [1.165, 1.54) is 51.4 Å². The molecule has 0 bridgehead atoms. The van der Waals surface area contributed by atoms with Gasteiger partial charge in [0.2, 0.25) is 17.6 Å². The minimum Gasteiger partial charge on any atom is -0.493 e. The van der Waals surface area contributed by atoms with Gasteiger partial charge in [0.25, 0.3) is 0 Å². The van der Waals surface area contributed by atoms with Crippen molar-refractivity contribution >= 4 is 23.2 Å². The Bertz CT molecular complexity index is 831. The molecule has 0 saturated carbocycles. The molecular formula is C20H23FN2O5. The van der Waals surface area contributed by atoms with Crippen LogP contribution in [0.25, 0.3) is 0 Å². The number of amides is 2. The number of benzene rings is 2. The zero-order valence-corrected chi connectivity index (χ0v) is 16.2. The number of nitrogens with one attached hydrogen (secondary N) is 1. The van der Waals surface area contributed by atoms with Crippen molar-refractivity contribution in [3.05, 3.63) is 42.2 Å². The molecule has 0 spiro atoms. The minimum atomic E-state index is -0.453. The van der Waals surface area contributed by atoms with Crippen molar-refractivity contribution in [1.29, 1.82) is 0 Å². The molecule has 2 rings (SSSR count). The second kappa shape index (κ2) is 9.59. The van der Waals surface area contributed by atoms with E-state index in [2.05, 4.69) is 5.32 Å². The Balaban J connectivity index is 2.10. The standard InChI is InChI=1S/C20H23FN2O5/c1-13(24)23(16-7-5-6-14(21)10-16)9-8-19(25)22-15-11-17(26-2)20(28-4)18(12-15)27-3/h5-7,10-12H,8-9H2,1-4H3,(H,22,25). The predicted molar refractivity (Wildman–Crippen MR) is 104 cm³/mol. The second-order valence-corrected chi connectivity index (χ2v) is 5.86. The van der Waals surface area contributed by atoms with Crippen LogP contribution < -0.4 is 24.4 Å². The van der Waals surface area contributed by atoms with Crippen LogP contribution in [0, 0.1) is 5.82 Å². The zero-order chi connectivity index (χ0) is 20.7. The van der Waals surface area contributed by atoms with Crippen LogP contribution >= 0.6 is 0 Å². The van der Waals surface area contributed by atoms with E-state index in [4.69, 9.17) is 14.2 Å². The first-order chi connectivity index (χ1) is 13.4. The van der Waals surface area contributed by atoms with Crippen LogP contribution in [-0.4, -0.2) is 39.7 Å². The fraction of sp³-hybridized carbons (Fsp3) is 0.300.